The van der Waals surface area contributed by atoms with Crippen molar-refractivity contribution < 1.29 is 9.59 Å². The van der Waals surface area contributed by atoms with E-state index in [9.17, 15) is 9.59 Å². The zero-order valence-electron chi connectivity index (χ0n) is 18.1. The second-order valence-corrected chi connectivity index (χ2v) is 8.06. The predicted octanol–water partition coefficient (Wildman–Crippen LogP) is 3.70. The van der Waals surface area contributed by atoms with Gasteiger partial charge in [0.15, 0.2) is 5.82 Å². The highest BCUT2D eigenvalue weighted by Gasteiger charge is 2.26. The van der Waals surface area contributed by atoms with Crippen molar-refractivity contribution in [2.75, 3.05) is 26.0 Å². The Morgan fingerprint density at radius 2 is 2.03 bits per heavy atom. The molecule has 0 radical (unpaired) electrons. The minimum absolute atomic E-state index is 0.0734. The van der Waals surface area contributed by atoms with Gasteiger partial charge in [-0.1, -0.05) is 17.7 Å². The summed E-state index contributed by atoms with van der Waals surface area (Å²) in [6.07, 6.45) is 0.535. The van der Waals surface area contributed by atoms with E-state index in [2.05, 4.69) is 9.97 Å². The fourth-order valence-electron chi connectivity index (χ4n) is 3.39. The number of benzene rings is 1. The summed E-state index contributed by atoms with van der Waals surface area (Å²) in [7, 11) is 7.50. The van der Waals surface area contributed by atoms with E-state index in [4.69, 9.17) is 11.6 Å². The van der Waals surface area contributed by atoms with Crippen molar-refractivity contribution in [1.82, 2.24) is 24.3 Å². The van der Waals surface area contributed by atoms with Crippen LogP contribution in [0.15, 0.2) is 24.3 Å². The summed E-state index contributed by atoms with van der Waals surface area (Å²) in [6.45, 7) is 4.06. The molecule has 0 bridgehead atoms. The maximum atomic E-state index is 13.1. The van der Waals surface area contributed by atoms with Crippen molar-refractivity contribution >= 4 is 40.8 Å². The van der Waals surface area contributed by atoms with Crippen LogP contribution in [-0.2, 0) is 18.4 Å². The van der Waals surface area contributed by atoms with Crippen LogP contribution in [0.3, 0.4) is 0 Å². The summed E-state index contributed by atoms with van der Waals surface area (Å²) in [5.74, 6) is 1.37. The van der Waals surface area contributed by atoms with Gasteiger partial charge in [0.05, 0.1) is 18.3 Å². The van der Waals surface area contributed by atoms with E-state index in [1.807, 2.05) is 62.7 Å². The van der Waals surface area contributed by atoms with Gasteiger partial charge in [0, 0.05) is 35.7 Å². The van der Waals surface area contributed by atoms with Gasteiger partial charge in [0.25, 0.3) is 0 Å². The molecule has 1 unspecified atom stereocenters. The third-order valence-corrected chi connectivity index (χ3v) is 5.85. The van der Waals surface area contributed by atoms with Gasteiger partial charge in [0.1, 0.15) is 5.82 Å². The molecular formula is C21H27ClN6O2. The number of nitrogens with one attached hydrogen (secondary N) is 1. The minimum Gasteiger partial charge on any atom is -0.357 e. The SMILES string of the molecule is Cc1c(N(C)C(=O)N(C=O)Cc2cc3c(Cl)cccc3[nH]2)nc(C(C)N(C)C)n1C. The molecule has 9 heteroatoms. The number of halogens is 1. The van der Waals surface area contributed by atoms with Gasteiger partial charge < -0.3 is 9.55 Å². The molecule has 0 aliphatic heterocycles. The van der Waals surface area contributed by atoms with Crippen LogP contribution in [0.4, 0.5) is 10.6 Å². The van der Waals surface area contributed by atoms with Crippen molar-refractivity contribution in [3.05, 3.63) is 46.5 Å². The Labute approximate surface area is 181 Å². The zero-order valence-corrected chi connectivity index (χ0v) is 18.9. The number of hydrogen-bond donors (Lipinski definition) is 1. The Morgan fingerprint density at radius 3 is 2.63 bits per heavy atom. The monoisotopic (exact) mass is 430 g/mol. The summed E-state index contributed by atoms with van der Waals surface area (Å²) in [5.41, 5.74) is 2.41. The molecule has 0 fully saturated rings. The molecule has 0 spiro atoms. The van der Waals surface area contributed by atoms with Gasteiger partial charge in [-0.2, -0.15) is 0 Å². The number of nitrogens with zero attached hydrogens (tertiary/aromatic N) is 5. The normalized spacial score (nSPS) is 12.4. The van der Waals surface area contributed by atoms with E-state index in [1.54, 1.807) is 13.1 Å². The molecule has 0 saturated carbocycles. The van der Waals surface area contributed by atoms with Crippen LogP contribution in [0.5, 0.6) is 0 Å². The van der Waals surface area contributed by atoms with E-state index < -0.39 is 6.03 Å². The number of imidazole rings is 1. The molecule has 3 rings (SSSR count). The summed E-state index contributed by atoms with van der Waals surface area (Å²) >= 11 is 6.22. The zero-order chi connectivity index (χ0) is 22.2. The average Bonchev–Trinajstić information content (AvgIpc) is 3.26. The van der Waals surface area contributed by atoms with Crippen LogP contribution in [-0.4, -0.2) is 57.9 Å². The number of H-pyrrole nitrogens is 1. The summed E-state index contributed by atoms with van der Waals surface area (Å²) < 4.78 is 1.97. The lowest BCUT2D eigenvalue weighted by atomic mass is 10.2. The molecule has 2 aromatic heterocycles. The number of carbonyl (C=O) groups is 2. The standard InChI is InChI=1S/C21H27ClN6O2/c1-13(25(3)4)19-24-20(14(2)26(19)5)27(6)21(30)28(12-29)11-15-10-16-17(22)8-7-9-18(16)23-15/h7-10,12-13,23H,11H2,1-6H3. The fraction of sp³-hybridized carbons (Fsp3) is 0.381. The van der Waals surface area contributed by atoms with Crippen LogP contribution >= 0.6 is 11.6 Å². The van der Waals surface area contributed by atoms with Gasteiger partial charge in [-0.25, -0.2) is 9.78 Å². The molecule has 1 atom stereocenters. The van der Waals surface area contributed by atoms with Gasteiger partial charge in [-0.15, -0.1) is 0 Å². The lowest BCUT2D eigenvalue weighted by Crippen LogP contribution is -2.40. The van der Waals surface area contributed by atoms with Crippen molar-refractivity contribution in [3.63, 3.8) is 0 Å². The highest BCUT2D eigenvalue weighted by molar-refractivity contribution is 6.35. The topological polar surface area (TPSA) is 77.5 Å². The minimum atomic E-state index is -0.458. The fourth-order valence-corrected chi connectivity index (χ4v) is 3.62. The van der Waals surface area contributed by atoms with Crippen LogP contribution in [0.2, 0.25) is 5.02 Å². The highest BCUT2D eigenvalue weighted by atomic mass is 35.5. The number of imide groups is 1. The number of carbonyl (C=O) groups excluding carboxylic acids is 2. The maximum absolute atomic E-state index is 13.1. The van der Waals surface area contributed by atoms with Gasteiger partial charge in [-0.05, 0) is 46.1 Å². The lowest BCUT2D eigenvalue weighted by molar-refractivity contribution is -0.116. The molecule has 2 heterocycles. The smallest absolute Gasteiger partial charge is 0.332 e. The highest BCUT2D eigenvalue weighted by Crippen LogP contribution is 2.27. The number of aromatic amines is 1. The molecule has 30 heavy (non-hydrogen) atoms. The quantitative estimate of drug-likeness (QED) is 0.605. The number of aromatic nitrogens is 3. The van der Waals surface area contributed by atoms with E-state index >= 15 is 0 Å². The second-order valence-electron chi connectivity index (χ2n) is 7.65. The summed E-state index contributed by atoms with van der Waals surface area (Å²) in [5, 5.41) is 1.46. The average molecular weight is 431 g/mol. The molecule has 160 valence electrons. The molecule has 3 amide bonds. The van der Waals surface area contributed by atoms with Crippen molar-refractivity contribution in [2.24, 2.45) is 7.05 Å². The number of rotatable bonds is 6. The number of hydrogen-bond acceptors (Lipinski definition) is 4. The molecule has 1 N–H and O–H groups in total. The summed E-state index contributed by atoms with van der Waals surface area (Å²) in [6, 6.07) is 7.01. The molecule has 0 aliphatic carbocycles. The number of fused-ring (bicyclic) bond motifs is 1. The van der Waals surface area contributed by atoms with Crippen molar-refractivity contribution in [1.29, 1.82) is 0 Å². The number of amides is 3. The third kappa shape index (κ3) is 3.93. The Morgan fingerprint density at radius 1 is 1.33 bits per heavy atom. The first kappa shape index (κ1) is 21.9. The first-order chi connectivity index (χ1) is 14.1. The van der Waals surface area contributed by atoms with E-state index in [0.29, 0.717) is 22.9 Å². The molecule has 0 saturated heterocycles. The van der Waals surface area contributed by atoms with E-state index in [1.165, 1.54) is 4.90 Å². The largest absolute Gasteiger partial charge is 0.357 e. The Balaban J connectivity index is 1.85. The van der Waals surface area contributed by atoms with Gasteiger partial charge in [-0.3, -0.25) is 19.5 Å². The van der Waals surface area contributed by atoms with Crippen molar-refractivity contribution in [3.8, 4) is 0 Å². The molecule has 1 aromatic carbocycles. The Kier molecular flexibility index (Phi) is 6.19. The second kappa shape index (κ2) is 8.49. The summed E-state index contributed by atoms with van der Waals surface area (Å²) in [4.78, 5) is 37.2. The Hall–Kier alpha value is -2.84. The number of anilines is 1. The predicted molar refractivity (Wildman–Crippen MR) is 119 cm³/mol. The molecule has 3 aromatic rings. The Bertz CT molecular complexity index is 1090. The number of urea groups is 1. The third-order valence-electron chi connectivity index (χ3n) is 5.52. The first-order valence-electron chi connectivity index (χ1n) is 9.61. The van der Waals surface area contributed by atoms with Crippen LogP contribution in [0.1, 0.15) is 30.2 Å². The lowest BCUT2D eigenvalue weighted by Gasteiger charge is -2.22. The van der Waals surface area contributed by atoms with E-state index in [0.717, 1.165) is 27.3 Å². The van der Waals surface area contributed by atoms with Gasteiger partial charge >= 0.3 is 6.03 Å². The van der Waals surface area contributed by atoms with Gasteiger partial charge in [0.2, 0.25) is 6.41 Å². The van der Waals surface area contributed by atoms with Crippen molar-refractivity contribution in [2.45, 2.75) is 26.4 Å². The first-order valence-corrected chi connectivity index (χ1v) is 9.98. The molecule has 0 aliphatic rings. The molecular weight excluding hydrogens is 404 g/mol. The van der Waals surface area contributed by atoms with E-state index in [-0.39, 0.29) is 12.6 Å². The molecule has 8 nitrogen and oxygen atoms in total. The van der Waals surface area contributed by atoms with Crippen LogP contribution in [0, 0.1) is 6.92 Å². The van der Waals surface area contributed by atoms with Crippen LogP contribution < -0.4 is 4.90 Å². The maximum Gasteiger partial charge on any atom is 0.332 e. The van der Waals surface area contributed by atoms with Crippen LogP contribution in [0.25, 0.3) is 10.9 Å².